The van der Waals surface area contributed by atoms with Crippen LogP contribution in [0.1, 0.15) is 23.8 Å². The number of thiophene rings is 1. The second kappa shape index (κ2) is 6.37. The number of hydrogen-bond acceptors (Lipinski definition) is 3. The molecule has 0 bridgehead atoms. The van der Waals surface area contributed by atoms with Gasteiger partial charge in [-0.3, -0.25) is 4.68 Å². The summed E-state index contributed by atoms with van der Waals surface area (Å²) >= 11 is 1.67. The van der Waals surface area contributed by atoms with Crippen LogP contribution in [0, 0.1) is 5.82 Å². The first-order valence-electron chi connectivity index (χ1n) is 7.16. The predicted molar refractivity (Wildman–Crippen MR) is 85.1 cm³/mol. The SMILES string of the molecule is CCCNCc1sc2cccc(F)c2c1Cn1cccn1. The van der Waals surface area contributed by atoms with Gasteiger partial charge in [0.1, 0.15) is 5.82 Å². The smallest absolute Gasteiger partial charge is 0.132 e. The van der Waals surface area contributed by atoms with Crippen molar-refractivity contribution < 1.29 is 4.39 Å². The molecule has 5 heteroatoms. The lowest BCUT2D eigenvalue weighted by molar-refractivity contribution is 0.632. The van der Waals surface area contributed by atoms with Gasteiger partial charge in [-0.05, 0) is 36.7 Å². The standard InChI is InChI=1S/C16H18FN3S/c1-2-7-18-10-15-12(11-20-9-4-8-19-20)16-13(17)5-3-6-14(16)21-15/h3-6,8-9,18H,2,7,10-11H2,1H3. The molecular weight excluding hydrogens is 285 g/mol. The number of fused-ring (bicyclic) bond motifs is 1. The van der Waals surface area contributed by atoms with Gasteiger partial charge in [-0.25, -0.2) is 4.39 Å². The van der Waals surface area contributed by atoms with E-state index in [-0.39, 0.29) is 5.82 Å². The summed E-state index contributed by atoms with van der Waals surface area (Å²) in [5, 5.41) is 8.40. The maximum absolute atomic E-state index is 14.2. The third-order valence-corrected chi connectivity index (χ3v) is 4.64. The van der Waals surface area contributed by atoms with Crippen molar-refractivity contribution in [1.82, 2.24) is 15.1 Å². The van der Waals surface area contributed by atoms with Crippen molar-refractivity contribution >= 4 is 21.4 Å². The number of benzene rings is 1. The van der Waals surface area contributed by atoms with Gasteiger partial charge in [0, 0.05) is 33.9 Å². The fourth-order valence-corrected chi connectivity index (χ4v) is 3.66. The molecule has 110 valence electrons. The zero-order valence-corrected chi connectivity index (χ0v) is 12.8. The van der Waals surface area contributed by atoms with Gasteiger partial charge in [-0.1, -0.05) is 13.0 Å². The maximum atomic E-state index is 14.2. The van der Waals surface area contributed by atoms with Crippen molar-refractivity contribution in [2.45, 2.75) is 26.4 Å². The lowest BCUT2D eigenvalue weighted by atomic mass is 10.1. The van der Waals surface area contributed by atoms with Crippen molar-refractivity contribution in [2.24, 2.45) is 0 Å². The summed E-state index contributed by atoms with van der Waals surface area (Å²) in [6, 6.07) is 7.18. The summed E-state index contributed by atoms with van der Waals surface area (Å²) in [5.41, 5.74) is 1.04. The van der Waals surface area contributed by atoms with Gasteiger partial charge in [-0.15, -0.1) is 11.3 Å². The minimum atomic E-state index is -0.146. The minimum Gasteiger partial charge on any atom is -0.312 e. The van der Waals surface area contributed by atoms with Crippen molar-refractivity contribution in [3.05, 3.63) is 52.9 Å². The summed E-state index contributed by atoms with van der Waals surface area (Å²) in [6.45, 7) is 4.50. The van der Waals surface area contributed by atoms with E-state index in [1.165, 1.54) is 10.9 Å². The van der Waals surface area contributed by atoms with Crippen LogP contribution >= 0.6 is 11.3 Å². The molecular formula is C16H18FN3S. The highest BCUT2D eigenvalue weighted by atomic mass is 32.1. The van der Waals surface area contributed by atoms with Crippen LogP contribution in [0.4, 0.5) is 4.39 Å². The van der Waals surface area contributed by atoms with Gasteiger partial charge in [0.2, 0.25) is 0 Å². The van der Waals surface area contributed by atoms with E-state index in [4.69, 9.17) is 0 Å². The van der Waals surface area contributed by atoms with E-state index >= 15 is 0 Å². The van der Waals surface area contributed by atoms with Crippen LogP contribution in [-0.4, -0.2) is 16.3 Å². The lowest BCUT2D eigenvalue weighted by Gasteiger charge is -2.07. The van der Waals surface area contributed by atoms with E-state index in [1.807, 2.05) is 23.0 Å². The first-order valence-corrected chi connectivity index (χ1v) is 7.98. The average molecular weight is 303 g/mol. The molecule has 0 saturated carbocycles. The molecule has 3 nitrogen and oxygen atoms in total. The second-order valence-electron chi connectivity index (χ2n) is 5.00. The molecule has 2 aromatic heterocycles. The Kier molecular flexibility index (Phi) is 4.31. The van der Waals surface area contributed by atoms with Crippen molar-refractivity contribution in [3.8, 4) is 0 Å². The average Bonchev–Trinajstić information content (AvgIpc) is 3.09. The Morgan fingerprint density at radius 1 is 1.33 bits per heavy atom. The summed E-state index contributed by atoms with van der Waals surface area (Å²) in [6.07, 6.45) is 4.75. The lowest BCUT2D eigenvalue weighted by Crippen LogP contribution is -2.14. The number of halogens is 1. The number of nitrogens with zero attached hydrogens (tertiary/aromatic N) is 2. The molecule has 0 atom stereocenters. The molecule has 0 unspecified atom stereocenters. The van der Waals surface area contributed by atoms with Crippen LogP contribution in [0.15, 0.2) is 36.7 Å². The van der Waals surface area contributed by atoms with Crippen LogP contribution in [0.3, 0.4) is 0 Å². The van der Waals surface area contributed by atoms with E-state index in [2.05, 4.69) is 17.3 Å². The zero-order chi connectivity index (χ0) is 14.7. The first kappa shape index (κ1) is 14.2. The molecule has 1 aromatic carbocycles. The Hall–Kier alpha value is -1.72. The Morgan fingerprint density at radius 2 is 2.24 bits per heavy atom. The second-order valence-corrected chi connectivity index (χ2v) is 6.13. The third-order valence-electron chi connectivity index (χ3n) is 3.44. The largest absolute Gasteiger partial charge is 0.312 e. The number of aromatic nitrogens is 2. The topological polar surface area (TPSA) is 29.9 Å². The van der Waals surface area contributed by atoms with Gasteiger partial charge in [0.05, 0.1) is 6.54 Å². The fourth-order valence-electron chi connectivity index (χ4n) is 2.46. The summed E-state index contributed by atoms with van der Waals surface area (Å²) < 4.78 is 17.1. The summed E-state index contributed by atoms with van der Waals surface area (Å²) in [5.74, 6) is -0.146. The van der Waals surface area contributed by atoms with Crippen LogP contribution in [0.2, 0.25) is 0 Å². The fraction of sp³-hybridized carbons (Fsp3) is 0.312. The highest BCUT2D eigenvalue weighted by molar-refractivity contribution is 7.19. The van der Waals surface area contributed by atoms with E-state index < -0.39 is 0 Å². The van der Waals surface area contributed by atoms with Crippen LogP contribution in [0.25, 0.3) is 10.1 Å². The zero-order valence-electron chi connectivity index (χ0n) is 12.0. The third kappa shape index (κ3) is 2.99. The Bertz CT molecular complexity index is 719. The number of hydrogen-bond donors (Lipinski definition) is 1. The highest BCUT2D eigenvalue weighted by Crippen LogP contribution is 2.33. The van der Waals surface area contributed by atoms with E-state index in [9.17, 15) is 4.39 Å². The highest BCUT2D eigenvalue weighted by Gasteiger charge is 2.15. The van der Waals surface area contributed by atoms with Crippen molar-refractivity contribution in [3.63, 3.8) is 0 Å². The van der Waals surface area contributed by atoms with Gasteiger partial charge < -0.3 is 5.32 Å². The van der Waals surface area contributed by atoms with Crippen LogP contribution in [0.5, 0.6) is 0 Å². The Balaban J connectivity index is 2.01. The monoisotopic (exact) mass is 303 g/mol. The van der Waals surface area contributed by atoms with E-state index in [1.54, 1.807) is 23.6 Å². The predicted octanol–water partition coefficient (Wildman–Crippen LogP) is 3.78. The first-order chi connectivity index (χ1) is 10.3. The van der Waals surface area contributed by atoms with Gasteiger partial charge in [-0.2, -0.15) is 5.10 Å². The molecule has 21 heavy (non-hydrogen) atoms. The van der Waals surface area contributed by atoms with Crippen LogP contribution < -0.4 is 5.32 Å². The number of rotatable bonds is 6. The van der Waals surface area contributed by atoms with E-state index in [0.717, 1.165) is 35.2 Å². The molecule has 3 rings (SSSR count). The molecule has 0 spiro atoms. The molecule has 1 N–H and O–H groups in total. The Morgan fingerprint density at radius 3 is 3.00 bits per heavy atom. The van der Waals surface area contributed by atoms with Crippen molar-refractivity contribution in [2.75, 3.05) is 6.54 Å². The minimum absolute atomic E-state index is 0.146. The van der Waals surface area contributed by atoms with Gasteiger partial charge >= 0.3 is 0 Å². The molecule has 0 amide bonds. The molecule has 0 aliphatic heterocycles. The normalized spacial score (nSPS) is 11.3. The maximum Gasteiger partial charge on any atom is 0.132 e. The number of nitrogens with one attached hydrogen (secondary N) is 1. The van der Waals surface area contributed by atoms with Crippen LogP contribution in [-0.2, 0) is 13.1 Å². The van der Waals surface area contributed by atoms with E-state index in [0.29, 0.717) is 6.54 Å². The molecule has 3 aromatic rings. The van der Waals surface area contributed by atoms with Gasteiger partial charge in [0.25, 0.3) is 0 Å². The molecule has 0 radical (unpaired) electrons. The molecule has 0 fully saturated rings. The molecule has 0 aliphatic rings. The quantitative estimate of drug-likeness (QED) is 0.702. The Labute approximate surface area is 127 Å². The summed E-state index contributed by atoms with van der Waals surface area (Å²) in [4.78, 5) is 1.19. The van der Waals surface area contributed by atoms with Gasteiger partial charge in [0.15, 0.2) is 0 Å². The molecule has 0 aliphatic carbocycles. The van der Waals surface area contributed by atoms with Crippen molar-refractivity contribution in [1.29, 1.82) is 0 Å². The summed E-state index contributed by atoms with van der Waals surface area (Å²) in [7, 11) is 0. The molecule has 2 heterocycles. The molecule has 0 saturated heterocycles.